The van der Waals surface area contributed by atoms with E-state index in [4.69, 9.17) is 9.59 Å². The van der Waals surface area contributed by atoms with Crippen LogP contribution in [0.2, 0.25) is 0 Å². The second kappa shape index (κ2) is 5.16. The van der Waals surface area contributed by atoms with Gasteiger partial charge in [0.2, 0.25) is 0 Å². The normalized spacial score (nSPS) is 37.1. The van der Waals surface area contributed by atoms with Gasteiger partial charge in [-0.25, -0.2) is 0 Å². The molecular weight excluding hydrogens is 252 g/mol. The van der Waals surface area contributed by atoms with Gasteiger partial charge in [-0.1, -0.05) is 49.8 Å². The molecule has 2 aliphatic carbocycles. The molecule has 0 aromatic heterocycles. The number of hydrogen-bond donors (Lipinski definition) is 1. The predicted octanol–water partition coefficient (Wildman–Crippen LogP) is 3.28. The van der Waals surface area contributed by atoms with Crippen LogP contribution in [0, 0.1) is 16.7 Å². The van der Waals surface area contributed by atoms with Crippen LogP contribution in [-0.2, 0) is 9.59 Å². The highest BCUT2D eigenvalue weighted by atomic mass is 16.3. The van der Waals surface area contributed by atoms with Crippen LogP contribution in [0.1, 0.15) is 41.0 Å². The molecule has 0 aliphatic heterocycles. The lowest BCUT2D eigenvalue weighted by Crippen LogP contribution is -2.58. The van der Waals surface area contributed by atoms with Crippen molar-refractivity contribution in [1.29, 1.82) is 0 Å². The molecule has 3 atom stereocenters. The molecular formula is C17H24O3. The molecule has 0 amide bonds. The van der Waals surface area contributed by atoms with Crippen LogP contribution in [-0.4, -0.2) is 16.9 Å². The van der Waals surface area contributed by atoms with Crippen molar-refractivity contribution < 1.29 is 14.7 Å². The van der Waals surface area contributed by atoms with Gasteiger partial charge in [-0.3, -0.25) is 0 Å². The first-order valence-corrected chi connectivity index (χ1v) is 6.82. The lowest BCUT2D eigenvalue weighted by atomic mass is 9.51. The molecule has 0 spiro atoms. The average Bonchev–Trinajstić information content (AvgIpc) is 2.56. The van der Waals surface area contributed by atoms with E-state index in [0.717, 1.165) is 12.0 Å². The lowest BCUT2D eigenvalue weighted by Gasteiger charge is -2.56. The van der Waals surface area contributed by atoms with Crippen molar-refractivity contribution in [2.45, 2.75) is 46.6 Å². The minimum atomic E-state index is -0.692. The Balaban J connectivity index is 0.000000612. The van der Waals surface area contributed by atoms with Crippen LogP contribution in [0.5, 0.6) is 0 Å². The van der Waals surface area contributed by atoms with Gasteiger partial charge in [0.05, 0.1) is 5.60 Å². The van der Waals surface area contributed by atoms with E-state index in [1.807, 2.05) is 0 Å². The van der Waals surface area contributed by atoms with E-state index in [2.05, 4.69) is 59.4 Å². The first-order chi connectivity index (χ1) is 9.08. The van der Waals surface area contributed by atoms with E-state index in [-0.39, 0.29) is 22.9 Å². The Kier molecular flexibility index (Phi) is 4.28. The number of rotatable bonds is 1. The highest BCUT2D eigenvalue weighted by Gasteiger charge is 2.61. The number of carbonyl (C=O) groups excluding carboxylic acids is 2. The fourth-order valence-corrected chi connectivity index (χ4v) is 3.82. The summed E-state index contributed by atoms with van der Waals surface area (Å²) in [5.74, 6) is 0.250. The Bertz CT molecular complexity index is 506. The number of aliphatic hydroxyl groups is 1. The third-order valence-electron chi connectivity index (χ3n) is 5.38. The van der Waals surface area contributed by atoms with Crippen molar-refractivity contribution in [3.63, 3.8) is 0 Å². The van der Waals surface area contributed by atoms with Crippen molar-refractivity contribution in [3.05, 3.63) is 36.0 Å². The molecule has 2 rings (SSSR count). The van der Waals surface area contributed by atoms with Gasteiger partial charge in [0.15, 0.2) is 0 Å². The van der Waals surface area contributed by atoms with Crippen LogP contribution in [0.25, 0.3) is 0 Å². The largest absolute Gasteiger partial charge is 0.388 e. The van der Waals surface area contributed by atoms with Crippen LogP contribution < -0.4 is 0 Å². The zero-order valence-corrected chi connectivity index (χ0v) is 13.0. The zero-order chi connectivity index (χ0) is 15.8. The Morgan fingerprint density at radius 2 is 1.90 bits per heavy atom. The minimum Gasteiger partial charge on any atom is -0.388 e. The molecule has 3 nitrogen and oxygen atoms in total. The molecule has 20 heavy (non-hydrogen) atoms. The highest BCUT2D eigenvalue weighted by Crippen LogP contribution is 2.61. The average molecular weight is 276 g/mol. The second-order valence-electron chi connectivity index (χ2n) is 6.64. The Morgan fingerprint density at radius 3 is 2.35 bits per heavy atom. The minimum absolute atomic E-state index is 0.184. The molecule has 3 heteroatoms. The van der Waals surface area contributed by atoms with E-state index >= 15 is 0 Å². The third-order valence-corrected chi connectivity index (χ3v) is 5.38. The molecule has 0 bridgehead atoms. The summed E-state index contributed by atoms with van der Waals surface area (Å²) in [5, 5.41) is 11.2. The maximum absolute atomic E-state index is 11.2. The van der Waals surface area contributed by atoms with E-state index in [9.17, 15) is 5.11 Å². The standard InChI is InChI=1S/C16H24O.CO2/c1-11(2)13-8-9-15(6)12(3)7-10-16(15,17)14(13,4)5;2-1-3/h7-9,13,17H,1,10H2,2-6H3;/t13-,15-,16+;/m0./s1. The van der Waals surface area contributed by atoms with Gasteiger partial charge in [-0.15, -0.1) is 0 Å². The van der Waals surface area contributed by atoms with Crippen LogP contribution in [0.4, 0.5) is 0 Å². The molecule has 0 aromatic carbocycles. The summed E-state index contributed by atoms with van der Waals surface area (Å²) in [6.45, 7) is 14.7. The fourth-order valence-electron chi connectivity index (χ4n) is 3.82. The van der Waals surface area contributed by atoms with Crippen molar-refractivity contribution in [2.75, 3.05) is 0 Å². The number of fused-ring (bicyclic) bond motifs is 1. The summed E-state index contributed by atoms with van der Waals surface area (Å²) < 4.78 is 0. The van der Waals surface area contributed by atoms with E-state index in [1.54, 1.807) is 0 Å². The quantitative estimate of drug-likeness (QED) is 0.748. The third kappa shape index (κ3) is 2.02. The van der Waals surface area contributed by atoms with Crippen LogP contribution in [0.15, 0.2) is 36.0 Å². The summed E-state index contributed by atoms with van der Waals surface area (Å²) in [7, 11) is 0. The second-order valence-corrected chi connectivity index (χ2v) is 6.64. The molecule has 0 saturated heterocycles. The van der Waals surface area contributed by atoms with E-state index < -0.39 is 5.60 Å². The summed E-state index contributed by atoms with van der Waals surface area (Å²) in [6.07, 6.45) is 7.61. The Morgan fingerprint density at radius 1 is 1.40 bits per heavy atom. The van der Waals surface area contributed by atoms with Gasteiger partial charge in [0, 0.05) is 16.7 Å². The lowest BCUT2D eigenvalue weighted by molar-refractivity contribution is -0.191. The van der Waals surface area contributed by atoms with Gasteiger partial charge in [0.25, 0.3) is 0 Å². The van der Waals surface area contributed by atoms with Gasteiger partial charge in [0.1, 0.15) is 0 Å². The maximum Gasteiger partial charge on any atom is 0.373 e. The molecule has 0 aromatic rings. The smallest absolute Gasteiger partial charge is 0.373 e. The molecule has 2 aliphatic rings. The van der Waals surface area contributed by atoms with Crippen molar-refractivity contribution in [3.8, 4) is 0 Å². The van der Waals surface area contributed by atoms with Gasteiger partial charge < -0.3 is 5.11 Å². The molecule has 0 radical (unpaired) electrons. The molecule has 0 fully saturated rings. The first-order valence-electron chi connectivity index (χ1n) is 6.82. The summed E-state index contributed by atoms with van der Waals surface area (Å²) in [5.41, 5.74) is 1.32. The van der Waals surface area contributed by atoms with Crippen LogP contribution in [0.3, 0.4) is 0 Å². The topological polar surface area (TPSA) is 54.4 Å². The molecule has 0 saturated carbocycles. The molecule has 110 valence electrons. The Hall–Kier alpha value is -1.44. The number of hydrogen-bond acceptors (Lipinski definition) is 3. The van der Waals surface area contributed by atoms with Crippen LogP contribution >= 0.6 is 0 Å². The van der Waals surface area contributed by atoms with Crippen molar-refractivity contribution in [1.82, 2.24) is 0 Å². The van der Waals surface area contributed by atoms with Crippen molar-refractivity contribution >= 4 is 6.15 Å². The summed E-state index contributed by atoms with van der Waals surface area (Å²) in [6, 6.07) is 0. The van der Waals surface area contributed by atoms with Gasteiger partial charge >= 0.3 is 6.15 Å². The first kappa shape index (κ1) is 16.6. The predicted molar refractivity (Wildman–Crippen MR) is 77.7 cm³/mol. The van der Waals surface area contributed by atoms with E-state index in [0.29, 0.717) is 0 Å². The monoisotopic (exact) mass is 276 g/mol. The van der Waals surface area contributed by atoms with Gasteiger partial charge in [-0.05, 0) is 27.2 Å². The molecule has 0 unspecified atom stereocenters. The van der Waals surface area contributed by atoms with Crippen molar-refractivity contribution in [2.24, 2.45) is 16.7 Å². The van der Waals surface area contributed by atoms with E-state index in [1.165, 1.54) is 5.57 Å². The number of allylic oxidation sites excluding steroid dienone is 2. The summed E-state index contributed by atoms with van der Waals surface area (Å²) >= 11 is 0. The SMILES string of the molecule is C=C(C)[C@@H]1C=C[C@@]2(C)C(C)=CC[C@@]2(O)C1(C)C.O=C=O. The maximum atomic E-state index is 11.2. The fraction of sp³-hybridized carbons (Fsp3) is 0.588. The highest BCUT2D eigenvalue weighted by molar-refractivity contribution is 5.40. The van der Waals surface area contributed by atoms with Gasteiger partial charge in [-0.2, -0.15) is 9.59 Å². The molecule has 1 N–H and O–H groups in total. The summed E-state index contributed by atoms with van der Waals surface area (Å²) in [4.78, 5) is 16.2. The Labute approximate surface area is 121 Å². The zero-order valence-electron chi connectivity index (χ0n) is 13.0. The molecule has 0 heterocycles.